The van der Waals surface area contributed by atoms with Crippen LogP contribution in [0.15, 0.2) is 0 Å². The van der Waals surface area contributed by atoms with Crippen molar-refractivity contribution in [1.29, 1.82) is 0 Å². The first-order chi connectivity index (χ1) is 17.1. The predicted molar refractivity (Wildman–Crippen MR) is 137 cm³/mol. The number of amides is 3. The molecule has 13 nitrogen and oxygen atoms in total. The third-order valence-electron chi connectivity index (χ3n) is 5.39. The molecule has 0 heterocycles. The van der Waals surface area contributed by atoms with E-state index in [1.165, 1.54) is 11.8 Å². The minimum Gasteiger partial charge on any atom is -0.481 e. The summed E-state index contributed by atoms with van der Waals surface area (Å²) in [7, 11) is 0. The summed E-state index contributed by atoms with van der Waals surface area (Å²) in [6.45, 7) is 0.795. The summed E-state index contributed by atoms with van der Waals surface area (Å²) in [5.41, 5.74) is 16.7. The molecule has 0 rings (SSSR count). The van der Waals surface area contributed by atoms with Gasteiger partial charge in [-0.3, -0.25) is 19.2 Å². The average Bonchev–Trinajstić information content (AvgIpc) is 2.83. The molecule has 0 saturated carbocycles. The fourth-order valence-corrected chi connectivity index (χ4v) is 3.72. The highest BCUT2D eigenvalue weighted by Crippen LogP contribution is 2.08. The van der Waals surface area contributed by atoms with E-state index in [0.717, 1.165) is 0 Å². The molecule has 0 radical (unpaired) electrons. The van der Waals surface area contributed by atoms with E-state index in [1.807, 2.05) is 6.26 Å². The molecule has 0 bridgehead atoms. The smallest absolute Gasteiger partial charge is 0.326 e. The van der Waals surface area contributed by atoms with Crippen molar-refractivity contribution in [1.82, 2.24) is 16.0 Å². The molecule has 0 aromatic rings. The third-order valence-corrected chi connectivity index (χ3v) is 6.03. The van der Waals surface area contributed by atoms with Gasteiger partial charge in [-0.25, -0.2) is 4.79 Å². The topological polar surface area (TPSA) is 240 Å². The second kappa shape index (κ2) is 19.7. The van der Waals surface area contributed by atoms with Crippen LogP contribution in [0.2, 0.25) is 0 Å². The van der Waals surface area contributed by atoms with Crippen LogP contribution in [0.5, 0.6) is 0 Å². The number of nitrogens with two attached hydrogens (primary N) is 3. The molecular weight excluding hydrogens is 492 g/mol. The van der Waals surface area contributed by atoms with Crippen LogP contribution in [-0.4, -0.2) is 89.1 Å². The lowest BCUT2D eigenvalue weighted by Gasteiger charge is -2.25. The van der Waals surface area contributed by atoms with Crippen LogP contribution in [0.4, 0.5) is 0 Å². The number of carbonyl (C=O) groups excluding carboxylic acids is 3. The lowest BCUT2D eigenvalue weighted by Crippen LogP contribution is -2.57. The lowest BCUT2D eigenvalue weighted by molar-refractivity contribution is -0.142. The fraction of sp³-hybridized carbons (Fsp3) is 0.773. The Balaban J connectivity index is 5.41. The van der Waals surface area contributed by atoms with Crippen molar-refractivity contribution in [3.63, 3.8) is 0 Å². The largest absolute Gasteiger partial charge is 0.481 e. The van der Waals surface area contributed by atoms with Crippen LogP contribution < -0.4 is 33.2 Å². The number of thioether (sulfide) groups is 1. The molecule has 0 saturated heterocycles. The summed E-state index contributed by atoms with van der Waals surface area (Å²) in [4.78, 5) is 60.7. The van der Waals surface area contributed by atoms with Gasteiger partial charge in [-0.2, -0.15) is 11.8 Å². The van der Waals surface area contributed by atoms with Crippen molar-refractivity contribution in [2.45, 2.75) is 82.0 Å². The molecule has 4 atom stereocenters. The van der Waals surface area contributed by atoms with Gasteiger partial charge in [0.05, 0.1) is 6.04 Å². The van der Waals surface area contributed by atoms with Gasteiger partial charge in [0.25, 0.3) is 0 Å². The van der Waals surface area contributed by atoms with E-state index in [9.17, 15) is 29.1 Å². The van der Waals surface area contributed by atoms with E-state index >= 15 is 0 Å². The van der Waals surface area contributed by atoms with Gasteiger partial charge in [0.2, 0.25) is 17.7 Å². The summed E-state index contributed by atoms with van der Waals surface area (Å²) in [6, 6.07) is -4.28. The number of unbranched alkanes of at least 4 members (excludes halogenated alkanes) is 2. The summed E-state index contributed by atoms with van der Waals surface area (Å²) in [5.74, 6) is -3.70. The van der Waals surface area contributed by atoms with Crippen LogP contribution in [-0.2, 0) is 24.0 Å². The number of carboxylic acids is 2. The Kier molecular flexibility index (Phi) is 18.4. The van der Waals surface area contributed by atoms with Gasteiger partial charge in [-0.05, 0) is 76.5 Å². The first-order valence-electron chi connectivity index (χ1n) is 12.1. The molecule has 11 N–H and O–H groups in total. The monoisotopic (exact) mass is 534 g/mol. The molecule has 0 aliphatic rings. The maximum absolute atomic E-state index is 13.1. The minimum atomic E-state index is -1.18. The number of aliphatic carboxylic acids is 2. The van der Waals surface area contributed by atoms with Crippen molar-refractivity contribution in [3.05, 3.63) is 0 Å². The normalized spacial score (nSPS) is 14.2. The molecule has 36 heavy (non-hydrogen) atoms. The number of carboxylic acid groups (broad SMARTS) is 2. The molecule has 0 aromatic carbocycles. The van der Waals surface area contributed by atoms with E-state index in [4.69, 9.17) is 22.3 Å². The SMILES string of the molecule is CSCCC(NC(=O)C(CCCCN)NC(=O)C(N)CCC(=O)O)C(=O)NC(CCCCN)C(=O)O. The Labute approximate surface area is 216 Å². The van der Waals surface area contributed by atoms with Gasteiger partial charge in [-0.1, -0.05) is 0 Å². The molecule has 3 amide bonds. The van der Waals surface area contributed by atoms with Crippen molar-refractivity contribution in [2.75, 3.05) is 25.1 Å². The molecule has 0 aliphatic heterocycles. The number of rotatable bonds is 21. The third kappa shape index (κ3) is 14.9. The summed E-state index contributed by atoms with van der Waals surface area (Å²) in [6.07, 6.45) is 4.36. The Morgan fingerprint density at radius 1 is 0.722 bits per heavy atom. The van der Waals surface area contributed by atoms with Crippen molar-refractivity contribution in [2.24, 2.45) is 17.2 Å². The highest BCUT2D eigenvalue weighted by Gasteiger charge is 2.30. The van der Waals surface area contributed by atoms with Crippen molar-refractivity contribution >= 4 is 41.4 Å². The van der Waals surface area contributed by atoms with E-state index in [2.05, 4.69) is 16.0 Å². The quantitative estimate of drug-likeness (QED) is 0.0807. The summed E-state index contributed by atoms with van der Waals surface area (Å²) >= 11 is 1.45. The molecule has 14 heteroatoms. The molecule has 0 aliphatic carbocycles. The Morgan fingerprint density at radius 3 is 1.67 bits per heavy atom. The zero-order chi connectivity index (χ0) is 27.5. The second-order valence-electron chi connectivity index (χ2n) is 8.41. The van der Waals surface area contributed by atoms with Crippen LogP contribution in [0, 0.1) is 0 Å². The number of hydrogen-bond donors (Lipinski definition) is 8. The average molecular weight is 535 g/mol. The van der Waals surface area contributed by atoms with Crippen LogP contribution in [0.3, 0.4) is 0 Å². The highest BCUT2D eigenvalue weighted by molar-refractivity contribution is 7.98. The van der Waals surface area contributed by atoms with E-state index in [0.29, 0.717) is 44.5 Å². The van der Waals surface area contributed by atoms with Gasteiger partial charge in [0, 0.05) is 6.42 Å². The molecule has 0 fully saturated rings. The molecule has 0 aromatic heterocycles. The van der Waals surface area contributed by atoms with Gasteiger partial charge in [-0.15, -0.1) is 0 Å². The molecule has 208 valence electrons. The zero-order valence-corrected chi connectivity index (χ0v) is 21.7. The second-order valence-corrected chi connectivity index (χ2v) is 9.40. The predicted octanol–water partition coefficient (Wildman–Crippen LogP) is -1.27. The number of nitrogens with one attached hydrogen (secondary N) is 3. The zero-order valence-electron chi connectivity index (χ0n) is 20.9. The molecular formula is C22H42N6O7S. The Bertz CT molecular complexity index is 712. The Morgan fingerprint density at radius 2 is 1.19 bits per heavy atom. The highest BCUT2D eigenvalue weighted by atomic mass is 32.2. The van der Waals surface area contributed by atoms with Gasteiger partial charge in [0.1, 0.15) is 18.1 Å². The van der Waals surface area contributed by atoms with Gasteiger partial charge >= 0.3 is 11.9 Å². The number of carbonyl (C=O) groups is 5. The van der Waals surface area contributed by atoms with E-state index in [-0.39, 0.29) is 32.1 Å². The lowest BCUT2D eigenvalue weighted by atomic mass is 10.1. The molecule has 0 spiro atoms. The first-order valence-corrected chi connectivity index (χ1v) is 13.5. The molecule has 4 unspecified atom stereocenters. The summed E-state index contributed by atoms with van der Waals surface area (Å²) < 4.78 is 0. The van der Waals surface area contributed by atoms with Gasteiger partial charge in [0.15, 0.2) is 0 Å². The Hall–Kier alpha value is -2.42. The van der Waals surface area contributed by atoms with Crippen molar-refractivity contribution in [3.8, 4) is 0 Å². The van der Waals surface area contributed by atoms with Crippen LogP contribution >= 0.6 is 11.8 Å². The fourth-order valence-electron chi connectivity index (χ4n) is 3.25. The van der Waals surface area contributed by atoms with E-state index in [1.54, 1.807) is 0 Å². The van der Waals surface area contributed by atoms with Crippen LogP contribution in [0.1, 0.15) is 57.8 Å². The first kappa shape index (κ1) is 33.6. The summed E-state index contributed by atoms with van der Waals surface area (Å²) in [5, 5.41) is 25.9. The van der Waals surface area contributed by atoms with E-state index < -0.39 is 53.8 Å². The standard InChI is InChI=1S/C22H42N6O7S/c1-36-13-10-16(21(33)28-17(22(34)35)7-3-5-12-24)27-20(32)15(6-2-4-11-23)26-19(31)14(25)8-9-18(29)30/h14-17H,2-13,23-25H2,1H3,(H,26,31)(H,27,32)(H,28,33)(H,29,30)(H,34,35). The van der Waals surface area contributed by atoms with Crippen LogP contribution in [0.25, 0.3) is 0 Å². The number of hydrogen-bond acceptors (Lipinski definition) is 9. The van der Waals surface area contributed by atoms with Crippen molar-refractivity contribution < 1.29 is 34.2 Å². The maximum atomic E-state index is 13.1. The minimum absolute atomic E-state index is 0.0994. The van der Waals surface area contributed by atoms with Gasteiger partial charge < -0.3 is 43.4 Å². The maximum Gasteiger partial charge on any atom is 0.326 e.